The molecule has 0 aliphatic carbocycles. The van der Waals surface area contributed by atoms with Gasteiger partial charge in [-0.05, 0) is 12.1 Å². The highest BCUT2D eigenvalue weighted by Crippen LogP contribution is 2.04. The molecule has 7 nitrogen and oxygen atoms in total. The average Bonchev–Trinajstić information content (AvgIpc) is 2.89. The zero-order valence-electron chi connectivity index (χ0n) is 9.68. The lowest BCUT2D eigenvalue weighted by atomic mass is 10.3. The molecule has 2 aromatic rings. The highest BCUT2D eigenvalue weighted by Gasteiger charge is 2.05. The van der Waals surface area contributed by atoms with Crippen LogP contribution in [0.25, 0.3) is 0 Å². The molecule has 2 rings (SSSR count). The number of carboxylic acid groups (broad SMARTS) is 1. The van der Waals surface area contributed by atoms with Gasteiger partial charge in [-0.1, -0.05) is 0 Å². The maximum absolute atomic E-state index is 11.1. The molecule has 100 valence electrons. The number of carbonyl (C=O) groups excluding carboxylic acids is 1. The molecule has 3 N–H and O–H groups in total. The summed E-state index contributed by atoms with van der Waals surface area (Å²) in [5, 5.41) is 20.4. The number of carbonyl (C=O) groups is 2. The molecule has 0 radical (unpaired) electrons. The van der Waals surface area contributed by atoms with E-state index in [2.05, 4.69) is 15.3 Å². The molecule has 0 saturated heterocycles. The van der Waals surface area contributed by atoms with Gasteiger partial charge in [-0.2, -0.15) is 0 Å². The van der Waals surface area contributed by atoms with Crippen molar-refractivity contribution in [3.8, 4) is 5.88 Å². The lowest BCUT2D eigenvalue weighted by Gasteiger charge is -2.00. The van der Waals surface area contributed by atoms with Gasteiger partial charge < -0.3 is 15.5 Å². The van der Waals surface area contributed by atoms with E-state index in [0.717, 1.165) is 0 Å². The number of aromatic nitrogens is 2. The van der Waals surface area contributed by atoms with Crippen molar-refractivity contribution in [2.75, 3.05) is 6.54 Å². The highest BCUT2D eigenvalue weighted by atomic mass is 32.1. The van der Waals surface area contributed by atoms with Crippen LogP contribution in [0.1, 0.15) is 10.4 Å². The van der Waals surface area contributed by atoms with Gasteiger partial charge in [0.05, 0.1) is 16.5 Å². The molecule has 2 heterocycles. The van der Waals surface area contributed by atoms with Crippen LogP contribution in [-0.2, 0) is 4.79 Å². The average molecular weight is 281 g/mol. The smallest absolute Gasteiger partial charge is 0.322 e. The van der Waals surface area contributed by atoms with Crippen LogP contribution in [0.3, 0.4) is 0 Å². The molecule has 0 bridgehead atoms. The summed E-state index contributed by atoms with van der Waals surface area (Å²) in [6.07, 6.45) is 2.91. The SMILES string of the molecule is O=C(O)CNC(=O)c1cccnc1.Oc1cscn1. The van der Waals surface area contributed by atoms with Crippen molar-refractivity contribution in [2.45, 2.75) is 0 Å². The van der Waals surface area contributed by atoms with Gasteiger partial charge in [0.1, 0.15) is 6.54 Å². The van der Waals surface area contributed by atoms with Crippen LogP contribution in [-0.4, -0.2) is 38.6 Å². The molecule has 0 fully saturated rings. The number of nitrogens with one attached hydrogen (secondary N) is 1. The minimum atomic E-state index is -1.07. The third-order valence-electron chi connectivity index (χ3n) is 1.74. The first-order valence-electron chi connectivity index (χ1n) is 5.06. The fourth-order valence-electron chi connectivity index (χ4n) is 0.961. The molecule has 19 heavy (non-hydrogen) atoms. The fourth-order valence-corrected chi connectivity index (χ4v) is 1.37. The summed E-state index contributed by atoms with van der Waals surface area (Å²) in [6.45, 7) is -0.381. The van der Waals surface area contributed by atoms with Crippen molar-refractivity contribution in [1.29, 1.82) is 0 Å². The van der Waals surface area contributed by atoms with E-state index in [1.807, 2.05) is 0 Å². The summed E-state index contributed by atoms with van der Waals surface area (Å²) in [5.41, 5.74) is 1.93. The number of carboxylic acids is 1. The van der Waals surface area contributed by atoms with Crippen molar-refractivity contribution in [3.63, 3.8) is 0 Å². The number of aliphatic carboxylic acids is 1. The Bertz CT molecular complexity index is 516. The highest BCUT2D eigenvalue weighted by molar-refractivity contribution is 7.07. The Morgan fingerprint density at radius 3 is 2.63 bits per heavy atom. The van der Waals surface area contributed by atoms with Crippen LogP contribution in [0.15, 0.2) is 35.4 Å². The van der Waals surface area contributed by atoms with Gasteiger partial charge in [0, 0.05) is 12.4 Å². The normalized spacial score (nSPS) is 9.05. The van der Waals surface area contributed by atoms with Crippen molar-refractivity contribution in [1.82, 2.24) is 15.3 Å². The molecular weight excluding hydrogens is 270 g/mol. The monoisotopic (exact) mass is 281 g/mol. The molecule has 2 aromatic heterocycles. The van der Waals surface area contributed by atoms with Crippen LogP contribution in [0.5, 0.6) is 5.88 Å². The summed E-state index contributed by atoms with van der Waals surface area (Å²) >= 11 is 1.38. The molecule has 0 spiro atoms. The van der Waals surface area contributed by atoms with Crippen LogP contribution in [0.2, 0.25) is 0 Å². The predicted molar refractivity (Wildman–Crippen MR) is 68.0 cm³/mol. The molecule has 0 aromatic carbocycles. The van der Waals surface area contributed by atoms with Gasteiger partial charge in [-0.15, -0.1) is 11.3 Å². The number of thiazole rings is 1. The van der Waals surface area contributed by atoms with Crippen molar-refractivity contribution in [2.24, 2.45) is 0 Å². The molecule has 0 atom stereocenters. The summed E-state index contributed by atoms with van der Waals surface area (Å²) in [7, 11) is 0. The zero-order valence-corrected chi connectivity index (χ0v) is 10.5. The van der Waals surface area contributed by atoms with Gasteiger partial charge in [0.15, 0.2) is 0 Å². The zero-order chi connectivity index (χ0) is 14.1. The summed E-state index contributed by atoms with van der Waals surface area (Å²) in [6, 6.07) is 3.17. The number of aromatic hydroxyl groups is 1. The second-order valence-electron chi connectivity index (χ2n) is 3.16. The fraction of sp³-hybridized carbons (Fsp3) is 0.0909. The van der Waals surface area contributed by atoms with Crippen molar-refractivity contribution < 1.29 is 19.8 Å². The van der Waals surface area contributed by atoms with E-state index >= 15 is 0 Å². The van der Waals surface area contributed by atoms with E-state index in [-0.39, 0.29) is 12.4 Å². The van der Waals surface area contributed by atoms with Gasteiger partial charge >= 0.3 is 5.97 Å². The molecule has 0 saturated carbocycles. The molecular formula is C11H11N3O4S. The second-order valence-corrected chi connectivity index (χ2v) is 3.88. The maximum atomic E-state index is 11.1. The first-order chi connectivity index (χ1) is 9.09. The van der Waals surface area contributed by atoms with Crippen molar-refractivity contribution in [3.05, 3.63) is 41.0 Å². The van der Waals surface area contributed by atoms with Crippen LogP contribution >= 0.6 is 11.3 Å². The van der Waals surface area contributed by atoms with E-state index in [4.69, 9.17) is 10.2 Å². The number of hydrogen-bond acceptors (Lipinski definition) is 6. The Morgan fingerprint density at radius 2 is 2.21 bits per heavy atom. The quantitative estimate of drug-likeness (QED) is 0.765. The minimum absolute atomic E-state index is 0.111. The van der Waals surface area contributed by atoms with Gasteiger partial charge in [0.2, 0.25) is 5.88 Å². The molecule has 8 heteroatoms. The Balaban J connectivity index is 0.000000250. The van der Waals surface area contributed by atoms with Gasteiger partial charge in [-0.3, -0.25) is 14.6 Å². The Morgan fingerprint density at radius 1 is 1.42 bits per heavy atom. The van der Waals surface area contributed by atoms with Crippen LogP contribution < -0.4 is 5.32 Å². The van der Waals surface area contributed by atoms with E-state index in [1.165, 1.54) is 23.7 Å². The number of nitrogens with zero attached hydrogens (tertiary/aromatic N) is 2. The van der Waals surface area contributed by atoms with Gasteiger partial charge in [0.25, 0.3) is 5.91 Å². The molecule has 0 aliphatic rings. The van der Waals surface area contributed by atoms with Crippen LogP contribution in [0, 0.1) is 0 Å². The molecule has 0 aliphatic heterocycles. The van der Waals surface area contributed by atoms with Crippen LogP contribution in [0.4, 0.5) is 0 Å². The third-order valence-corrected chi connectivity index (χ3v) is 2.32. The lowest BCUT2D eigenvalue weighted by molar-refractivity contribution is -0.135. The maximum Gasteiger partial charge on any atom is 0.322 e. The number of hydrogen-bond donors (Lipinski definition) is 3. The Hall–Kier alpha value is -2.48. The van der Waals surface area contributed by atoms with E-state index in [1.54, 1.807) is 23.0 Å². The summed E-state index contributed by atoms with van der Waals surface area (Å²) in [5.74, 6) is -1.40. The first-order valence-corrected chi connectivity index (χ1v) is 6.01. The molecule has 1 amide bonds. The summed E-state index contributed by atoms with van der Waals surface area (Å²) in [4.78, 5) is 28.5. The number of rotatable bonds is 3. The Kier molecular flexibility index (Phi) is 5.96. The van der Waals surface area contributed by atoms with E-state index in [0.29, 0.717) is 5.56 Å². The number of pyridine rings is 1. The number of amides is 1. The van der Waals surface area contributed by atoms with E-state index < -0.39 is 11.9 Å². The first kappa shape index (κ1) is 14.6. The van der Waals surface area contributed by atoms with Crippen molar-refractivity contribution >= 4 is 23.2 Å². The summed E-state index contributed by atoms with van der Waals surface area (Å²) < 4.78 is 0. The standard InChI is InChI=1S/C8H8N2O3.C3H3NOS/c11-7(12)5-10-8(13)6-2-1-3-9-4-6;5-3-1-6-2-4-3/h1-4H,5H2,(H,10,13)(H,11,12);1-2,5H. The largest absolute Gasteiger partial charge is 0.493 e. The topological polar surface area (TPSA) is 112 Å². The van der Waals surface area contributed by atoms with E-state index in [9.17, 15) is 9.59 Å². The second kappa shape index (κ2) is 7.77. The van der Waals surface area contributed by atoms with Gasteiger partial charge in [-0.25, -0.2) is 4.98 Å². The lowest BCUT2D eigenvalue weighted by Crippen LogP contribution is -2.29. The molecule has 0 unspecified atom stereocenters. The third kappa shape index (κ3) is 6.13. The minimum Gasteiger partial charge on any atom is -0.493 e. The predicted octanol–water partition coefficient (Wildman–Crippen LogP) is 0.745. The Labute approximate surface area is 112 Å².